The fourth-order valence-corrected chi connectivity index (χ4v) is 4.62. The fourth-order valence-electron chi connectivity index (χ4n) is 4.62. The molecule has 1 aromatic carbocycles. The number of imidazole rings is 1. The summed E-state index contributed by atoms with van der Waals surface area (Å²) in [5.74, 6) is 0.768. The predicted molar refractivity (Wildman–Crippen MR) is 120 cm³/mol. The Labute approximate surface area is 185 Å². The molecule has 1 aliphatic carbocycles. The number of hydrogen-bond donors (Lipinski definition) is 0. The lowest BCUT2D eigenvalue weighted by atomic mass is 9.87. The molecule has 6 nitrogen and oxygen atoms in total. The van der Waals surface area contributed by atoms with E-state index in [1.807, 2.05) is 28.7 Å². The first-order valence-electron chi connectivity index (χ1n) is 10.9. The van der Waals surface area contributed by atoms with Crippen LogP contribution in [0.25, 0.3) is 16.8 Å². The molecule has 1 saturated carbocycles. The molecular formula is C25H22FN5O. The van der Waals surface area contributed by atoms with Gasteiger partial charge in [-0.25, -0.2) is 9.97 Å². The number of amides is 1. The van der Waals surface area contributed by atoms with Gasteiger partial charge in [0, 0.05) is 42.1 Å². The fraction of sp³-hybridized carbons (Fsp3) is 0.280. The van der Waals surface area contributed by atoms with Crippen molar-refractivity contribution in [2.75, 3.05) is 13.1 Å². The van der Waals surface area contributed by atoms with Crippen LogP contribution >= 0.6 is 0 Å². The van der Waals surface area contributed by atoms with Crippen LogP contribution in [0.5, 0.6) is 0 Å². The van der Waals surface area contributed by atoms with Crippen molar-refractivity contribution in [2.45, 2.75) is 32.1 Å². The minimum absolute atomic E-state index is 0.00839. The Morgan fingerprint density at radius 3 is 2.75 bits per heavy atom. The van der Waals surface area contributed by atoms with Crippen molar-refractivity contribution < 1.29 is 9.18 Å². The smallest absolute Gasteiger partial charge is 0.248 e. The van der Waals surface area contributed by atoms with Crippen LogP contribution in [0.2, 0.25) is 0 Å². The van der Waals surface area contributed by atoms with Gasteiger partial charge < -0.3 is 4.90 Å². The summed E-state index contributed by atoms with van der Waals surface area (Å²) in [7, 11) is 0. The van der Waals surface area contributed by atoms with Gasteiger partial charge in [-0.1, -0.05) is 6.07 Å². The van der Waals surface area contributed by atoms with E-state index in [1.54, 1.807) is 18.6 Å². The quantitative estimate of drug-likeness (QED) is 0.582. The maximum Gasteiger partial charge on any atom is 0.248 e. The van der Waals surface area contributed by atoms with Crippen molar-refractivity contribution in [3.8, 4) is 11.1 Å². The number of rotatable bonds is 2. The van der Waals surface area contributed by atoms with Gasteiger partial charge in [-0.15, -0.1) is 0 Å². The Morgan fingerprint density at radius 1 is 1.12 bits per heavy atom. The lowest BCUT2D eigenvalue weighted by Gasteiger charge is -2.32. The first-order chi connectivity index (χ1) is 15.6. The molecule has 6 rings (SSSR count). The van der Waals surface area contributed by atoms with Gasteiger partial charge in [0.1, 0.15) is 18.7 Å². The molecule has 0 atom stereocenters. The third kappa shape index (κ3) is 3.25. The second-order valence-electron chi connectivity index (χ2n) is 8.69. The molecule has 160 valence electrons. The van der Waals surface area contributed by atoms with Crippen LogP contribution in [0.3, 0.4) is 0 Å². The number of pyridine rings is 1. The lowest BCUT2D eigenvalue weighted by molar-refractivity contribution is -0.126. The summed E-state index contributed by atoms with van der Waals surface area (Å²) in [6, 6.07) is 7.37. The third-order valence-electron chi connectivity index (χ3n) is 6.39. The molecule has 0 N–H and O–H groups in total. The zero-order chi connectivity index (χ0) is 21.8. The van der Waals surface area contributed by atoms with Crippen molar-refractivity contribution in [3.05, 3.63) is 77.4 Å². The van der Waals surface area contributed by atoms with E-state index in [0.717, 1.165) is 51.5 Å². The summed E-state index contributed by atoms with van der Waals surface area (Å²) in [4.78, 5) is 27.8. The van der Waals surface area contributed by atoms with Gasteiger partial charge in [0.25, 0.3) is 0 Å². The number of aliphatic imine (C=N–C) groups is 1. The van der Waals surface area contributed by atoms with E-state index in [1.165, 1.54) is 18.9 Å². The highest BCUT2D eigenvalue weighted by molar-refractivity contribution is 6.06. The normalized spacial score (nSPS) is 17.9. The van der Waals surface area contributed by atoms with Crippen LogP contribution in [-0.4, -0.2) is 44.3 Å². The molecule has 0 bridgehead atoms. The largest absolute Gasteiger partial charge is 0.310 e. The Morgan fingerprint density at radius 2 is 1.97 bits per heavy atom. The topological polar surface area (TPSA) is 63.4 Å². The number of halogens is 1. The first kappa shape index (κ1) is 19.1. The highest BCUT2D eigenvalue weighted by atomic mass is 19.1. The number of allylic oxidation sites excluding steroid dienone is 1. The first-order valence-corrected chi connectivity index (χ1v) is 10.9. The van der Waals surface area contributed by atoms with Crippen molar-refractivity contribution in [2.24, 2.45) is 4.99 Å². The van der Waals surface area contributed by atoms with Crippen LogP contribution in [0.4, 0.5) is 4.39 Å². The van der Waals surface area contributed by atoms with Gasteiger partial charge in [-0.05, 0) is 61.1 Å². The molecule has 0 saturated heterocycles. The summed E-state index contributed by atoms with van der Waals surface area (Å²) in [5.41, 5.74) is 7.07. The van der Waals surface area contributed by atoms with E-state index < -0.39 is 5.95 Å². The molecule has 32 heavy (non-hydrogen) atoms. The monoisotopic (exact) mass is 427 g/mol. The predicted octanol–water partition coefficient (Wildman–Crippen LogP) is 3.96. The van der Waals surface area contributed by atoms with Crippen molar-refractivity contribution in [3.63, 3.8) is 0 Å². The molecule has 3 aliphatic rings. The number of hydrogen-bond acceptors (Lipinski definition) is 4. The number of carbonyl (C=O) groups is 1. The van der Waals surface area contributed by atoms with E-state index in [4.69, 9.17) is 0 Å². The molecular weight excluding hydrogens is 405 g/mol. The second kappa shape index (κ2) is 7.22. The Kier molecular flexibility index (Phi) is 4.31. The Balaban J connectivity index is 1.48. The van der Waals surface area contributed by atoms with Crippen molar-refractivity contribution >= 4 is 17.4 Å². The van der Waals surface area contributed by atoms with Crippen LogP contribution in [0.1, 0.15) is 41.1 Å². The number of aromatic nitrogens is 3. The van der Waals surface area contributed by atoms with Crippen LogP contribution < -0.4 is 0 Å². The van der Waals surface area contributed by atoms with Crippen LogP contribution in [0, 0.1) is 12.9 Å². The number of nitrogens with zero attached hydrogens (tertiary/aromatic N) is 5. The molecule has 0 unspecified atom stereocenters. The number of fused-ring (bicyclic) bond motifs is 3. The summed E-state index contributed by atoms with van der Waals surface area (Å²) >= 11 is 0. The highest BCUT2D eigenvalue weighted by Gasteiger charge is 2.31. The van der Waals surface area contributed by atoms with Gasteiger partial charge in [0.05, 0.1) is 11.4 Å². The SMILES string of the molecule is Cc1cc2c(c(-c3ccc(F)nc3)c1)CCN1C(=O)CN=C(n3cnc(C4CC4)c3)C=C21. The van der Waals surface area contributed by atoms with Gasteiger partial charge >= 0.3 is 0 Å². The molecule has 3 aromatic rings. The van der Waals surface area contributed by atoms with Gasteiger partial charge in [-0.2, -0.15) is 4.39 Å². The maximum atomic E-state index is 13.4. The summed E-state index contributed by atoms with van der Waals surface area (Å²) in [6.07, 6.45) is 10.5. The van der Waals surface area contributed by atoms with E-state index in [9.17, 15) is 9.18 Å². The standard InChI is InChI=1S/C25H22FN5O/c1-15-8-19(17-4-5-23(26)27-11-17)18-6-7-31-22(20(18)9-15)10-24(28-12-25(31)32)30-13-21(29-14-30)16-2-3-16/h4-5,8-11,13-14,16H,2-3,6-7,12H2,1H3. The average molecular weight is 427 g/mol. The molecule has 0 spiro atoms. The minimum atomic E-state index is -0.495. The number of benzene rings is 1. The molecule has 2 aromatic heterocycles. The molecule has 4 heterocycles. The molecule has 0 radical (unpaired) electrons. The maximum absolute atomic E-state index is 13.4. The zero-order valence-corrected chi connectivity index (χ0v) is 17.8. The minimum Gasteiger partial charge on any atom is -0.310 e. The van der Waals surface area contributed by atoms with Crippen molar-refractivity contribution in [1.82, 2.24) is 19.4 Å². The van der Waals surface area contributed by atoms with Gasteiger partial charge in [0.2, 0.25) is 11.9 Å². The third-order valence-corrected chi connectivity index (χ3v) is 6.39. The molecule has 7 heteroatoms. The van der Waals surface area contributed by atoms with Crippen molar-refractivity contribution in [1.29, 1.82) is 0 Å². The highest BCUT2D eigenvalue weighted by Crippen LogP contribution is 2.39. The molecule has 1 amide bonds. The zero-order valence-electron chi connectivity index (χ0n) is 17.8. The summed E-state index contributed by atoms with van der Waals surface area (Å²) < 4.78 is 15.3. The lowest BCUT2D eigenvalue weighted by Crippen LogP contribution is -2.36. The van der Waals surface area contributed by atoms with E-state index >= 15 is 0 Å². The van der Waals surface area contributed by atoms with Crippen LogP contribution in [-0.2, 0) is 11.2 Å². The summed E-state index contributed by atoms with van der Waals surface area (Å²) in [6.45, 7) is 2.73. The van der Waals surface area contributed by atoms with Crippen LogP contribution in [0.15, 0.2) is 54.1 Å². The Hall–Kier alpha value is -3.61. The van der Waals surface area contributed by atoms with Gasteiger partial charge in [-0.3, -0.25) is 14.4 Å². The second-order valence-corrected chi connectivity index (χ2v) is 8.69. The van der Waals surface area contributed by atoms with E-state index in [-0.39, 0.29) is 12.5 Å². The number of aryl methyl sites for hydroxylation is 1. The Bertz CT molecular complexity index is 1300. The number of carbonyl (C=O) groups excluding carboxylic acids is 1. The molecule has 1 fully saturated rings. The summed E-state index contributed by atoms with van der Waals surface area (Å²) in [5, 5.41) is 0. The average Bonchev–Trinajstić information content (AvgIpc) is 3.56. The van der Waals surface area contributed by atoms with E-state index in [0.29, 0.717) is 12.5 Å². The molecule has 2 aliphatic heterocycles. The van der Waals surface area contributed by atoms with E-state index in [2.05, 4.69) is 27.1 Å². The van der Waals surface area contributed by atoms with Gasteiger partial charge in [0.15, 0.2) is 0 Å².